The van der Waals surface area contributed by atoms with E-state index in [1.54, 1.807) is 0 Å². The second-order valence-electron chi connectivity index (χ2n) is 12.0. The van der Waals surface area contributed by atoms with E-state index in [1.807, 2.05) is 0 Å². The van der Waals surface area contributed by atoms with E-state index in [2.05, 4.69) is 133 Å². The normalized spacial score (nSPS) is 11.4. The molecule has 0 atom stereocenters. The third kappa shape index (κ3) is 10.0. The minimum absolute atomic E-state index is 0. The van der Waals surface area contributed by atoms with Crippen LogP contribution >= 0.6 is 17.0 Å². The van der Waals surface area contributed by atoms with Gasteiger partial charge in [-0.25, -0.2) is 6.07 Å². The number of rotatable bonds is 0. The van der Waals surface area contributed by atoms with Gasteiger partial charge in [0.25, 0.3) is 0 Å². The molecule has 0 spiro atoms. The summed E-state index contributed by atoms with van der Waals surface area (Å²) in [5.41, 5.74) is 4.96. The van der Waals surface area contributed by atoms with Crippen molar-refractivity contribution in [3.8, 4) is 0 Å². The average molecular weight is 605 g/mol. The predicted molar refractivity (Wildman–Crippen MR) is 167 cm³/mol. The second-order valence-corrected chi connectivity index (χ2v) is 20.2. The van der Waals surface area contributed by atoms with Crippen molar-refractivity contribution in [3.05, 3.63) is 98.3 Å². The molecule has 0 saturated carbocycles. The van der Waals surface area contributed by atoms with E-state index >= 15 is 0 Å². The molecule has 36 heavy (non-hydrogen) atoms. The Balaban J connectivity index is 0.000000686. The third-order valence-corrected chi connectivity index (χ3v) is 5.97. The zero-order valence-electron chi connectivity index (χ0n) is 24.3. The molecule has 0 aliphatic heterocycles. The van der Waals surface area contributed by atoms with Gasteiger partial charge in [-0.1, -0.05) is 103 Å². The molecule has 200 valence electrons. The van der Waals surface area contributed by atoms with Crippen molar-refractivity contribution in [2.24, 2.45) is 0 Å². The van der Waals surface area contributed by atoms with Crippen molar-refractivity contribution in [1.82, 2.24) is 0 Å². The number of halogens is 2. The van der Waals surface area contributed by atoms with E-state index in [1.165, 1.54) is 38.2 Å². The van der Waals surface area contributed by atoms with Crippen LogP contribution in [0.1, 0.15) is 79.0 Å². The first-order chi connectivity index (χ1) is 15.5. The molecule has 4 aromatic rings. The van der Waals surface area contributed by atoms with Gasteiger partial charge in [0, 0.05) is 0 Å². The summed E-state index contributed by atoms with van der Waals surface area (Å²) in [4.78, 5) is 0. The van der Waals surface area contributed by atoms with Crippen LogP contribution in [-0.2, 0) is 35.1 Å². The number of hydrogen-bond acceptors (Lipinski definition) is 0. The molecule has 4 rings (SSSR count). The fourth-order valence-electron chi connectivity index (χ4n) is 3.83. The van der Waals surface area contributed by atoms with Crippen LogP contribution in [0.4, 0.5) is 0 Å². The Morgan fingerprint density at radius 3 is 1.25 bits per heavy atom. The zero-order chi connectivity index (χ0) is 25.9. The Labute approximate surface area is 237 Å². The van der Waals surface area contributed by atoms with Crippen LogP contribution in [0.3, 0.4) is 0 Å². The Morgan fingerprint density at radius 1 is 0.639 bits per heavy atom. The molecule has 0 aromatic heterocycles. The van der Waals surface area contributed by atoms with E-state index < -0.39 is 18.9 Å². The van der Waals surface area contributed by atoms with Gasteiger partial charge in [0.2, 0.25) is 0 Å². The largest absolute Gasteiger partial charge is 0.358 e. The van der Waals surface area contributed by atoms with Crippen LogP contribution < -0.4 is 0 Å². The first-order valence-electron chi connectivity index (χ1n) is 11.9. The molecule has 0 nitrogen and oxygen atoms in total. The van der Waals surface area contributed by atoms with E-state index in [-0.39, 0.29) is 25.7 Å². The van der Waals surface area contributed by atoms with Crippen molar-refractivity contribution in [1.29, 1.82) is 0 Å². The summed E-state index contributed by atoms with van der Waals surface area (Å²) in [6.45, 7) is 20.3. The Kier molecular flexibility index (Phi) is 13.3. The van der Waals surface area contributed by atoms with Gasteiger partial charge in [-0.05, 0) is 10.8 Å². The van der Waals surface area contributed by atoms with Gasteiger partial charge in [-0.2, -0.15) is 23.8 Å². The fourth-order valence-corrected chi connectivity index (χ4v) is 3.83. The molecule has 0 bridgehead atoms. The van der Waals surface area contributed by atoms with Gasteiger partial charge in [0.05, 0.1) is 0 Å². The molecule has 0 unspecified atom stereocenters. The Bertz CT molecular complexity index is 1150. The molecular weight excluding hydrogens is 558 g/mol. The molecule has 0 radical (unpaired) electrons. The summed E-state index contributed by atoms with van der Waals surface area (Å²) in [6.07, 6.45) is 0. The van der Waals surface area contributed by atoms with E-state index in [9.17, 15) is 0 Å². The van der Waals surface area contributed by atoms with Crippen molar-refractivity contribution >= 4 is 42.8 Å². The molecule has 0 saturated heterocycles. The number of hydrogen-bond donors (Lipinski definition) is 0. The fraction of sp³-hybridized carbons (Fsp3) is 0.364. The monoisotopic (exact) mass is 602 g/mol. The molecule has 0 amide bonds. The van der Waals surface area contributed by atoms with Crippen molar-refractivity contribution in [3.63, 3.8) is 0 Å². The number of benzene rings is 2. The van der Waals surface area contributed by atoms with Gasteiger partial charge in [0.15, 0.2) is 0 Å². The summed E-state index contributed by atoms with van der Waals surface area (Å²) in [5, 5.41) is 5.48. The molecule has 0 aliphatic carbocycles. The summed E-state index contributed by atoms with van der Waals surface area (Å²) in [5.74, 6) is 0. The average Bonchev–Trinajstić information content (AvgIpc) is 3.33. The smallest absolute Gasteiger partial charge is 0.358 e. The molecule has 4 aromatic carbocycles. The second kappa shape index (κ2) is 13.7. The van der Waals surface area contributed by atoms with Gasteiger partial charge < -0.3 is 14.9 Å². The predicted octanol–water partition coefficient (Wildman–Crippen LogP) is 11.3. The maximum atomic E-state index is 5.13. The molecule has 0 fully saturated rings. The summed E-state index contributed by atoms with van der Waals surface area (Å²) in [6, 6.07) is 24.7. The molecule has 0 N–H and O–H groups in total. The summed E-state index contributed by atoms with van der Waals surface area (Å²) < 4.78 is 3.37. The van der Waals surface area contributed by atoms with Crippen LogP contribution in [0, 0.1) is 14.9 Å². The van der Waals surface area contributed by atoms with E-state index in [0.717, 1.165) is 0 Å². The van der Waals surface area contributed by atoms with Crippen LogP contribution in [-0.4, -0.2) is 4.21 Å². The topological polar surface area (TPSA) is 0 Å². The van der Waals surface area contributed by atoms with Crippen LogP contribution in [0.25, 0.3) is 21.5 Å². The molecular formula is C33H46Cl2Zr-4. The summed E-state index contributed by atoms with van der Waals surface area (Å²) in [7, 11) is 10.3. The van der Waals surface area contributed by atoms with Crippen molar-refractivity contribution in [2.75, 3.05) is 0 Å². The molecule has 0 aliphatic rings. The first kappa shape index (κ1) is 35.0. The minimum atomic E-state index is -1.85. The molecule has 0 heterocycles. The van der Waals surface area contributed by atoms with Crippen molar-refractivity contribution < 1.29 is 18.9 Å². The zero-order valence-corrected chi connectivity index (χ0v) is 28.3. The van der Waals surface area contributed by atoms with Crippen molar-refractivity contribution in [2.45, 2.75) is 78.6 Å². The Morgan fingerprint density at radius 2 is 1.00 bits per heavy atom. The SMILES string of the molecule is CC(C)(C)c1cc[cH-]c1.CC(C)(C)c1ccc2c(c1)[cH-]c1cc(C(C)(C)C)ccc12.[CH2]=[Zr]([Cl])[Cl].[CH3-].[CH3-]. The summed E-state index contributed by atoms with van der Waals surface area (Å²) >= 11 is -1.85. The van der Waals surface area contributed by atoms with Gasteiger partial charge in [-0.3, -0.25) is 0 Å². The van der Waals surface area contributed by atoms with E-state index in [4.69, 9.17) is 17.0 Å². The van der Waals surface area contributed by atoms with Gasteiger partial charge in [-0.15, -0.1) is 39.7 Å². The van der Waals surface area contributed by atoms with Gasteiger partial charge >= 0.3 is 40.1 Å². The van der Waals surface area contributed by atoms with E-state index in [0.29, 0.717) is 5.41 Å². The quantitative estimate of drug-likeness (QED) is 0.175. The van der Waals surface area contributed by atoms with Crippen LogP contribution in [0.2, 0.25) is 0 Å². The van der Waals surface area contributed by atoms with Gasteiger partial charge in [0.1, 0.15) is 0 Å². The maximum absolute atomic E-state index is 5.13. The third-order valence-electron chi connectivity index (χ3n) is 5.97. The Hall–Kier alpha value is -1.01. The molecule has 3 heteroatoms. The number of fused-ring (bicyclic) bond motifs is 3. The van der Waals surface area contributed by atoms with Crippen LogP contribution in [0.15, 0.2) is 66.7 Å². The maximum Gasteiger partial charge on any atom is -0.358 e. The minimum Gasteiger partial charge on any atom is -0.358 e. The first-order valence-corrected chi connectivity index (χ1v) is 19.9. The van der Waals surface area contributed by atoms with Crippen LogP contribution in [0.5, 0.6) is 0 Å². The standard InChI is InChI=1S/C21H25.C9H13.2CH3.CH2.2ClH.Zr/c1-20(2,3)16-7-9-18-14(12-16)11-15-13-17(21(4,5)6)8-10-19(15)18;1-9(2,3)8-6-4-5-7-8;;;;;;/h7-13H,1-6H3;4-7H,1-3H3;2*1H3;1H2;2*1H;/q4*-1;;;;+2/p-2.